The van der Waals surface area contributed by atoms with Gasteiger partial charge in [-0.2, -0.15) is 0 Å². The molecule has 1 amide bonds. The van der Waals surface area contributed by atoms with E-state index in [2.05, 4.69) is 54.5 Å². The van der Waals surface area contributed by atoms with Gasteiger partial charge in [-0.15, -0.1) is 23.5 Å². The van der Waals surface area contributed by atoms with Crippen LogP contribution in [0.2, 0.25) is 0 Å². The van der Waals surface area contributed by atoms with Crippen LogP contribution in [0.3, 0.4) is 0 Å². The molecular formula is C22H27N3OS3. The molecule has 3 aromatic rings. The van der Waals surface area contributed by atoms with E-state index in [9.17, 15) is 4.79 Å². The van der Waals surface area contributed by atoms with Gasteiger partial charge in [0, 0.05) is 22.9 Å². The highest BCUT2D eigenvalue weighted by Crippen LogP contribution is 2.32. The van der Waals surface area contributed by atoms with Crippen molar-refractivity contribution in [3.8, 4) is 0 Å². The molecule has 0 aliphatic rings. The predicted molar refractivity (Wildman–Crippen MR) is 129 cm³/mol. The van der Waals surface area contributed by atoms with E-state index in [1.807, 2.05) is 36.8 Å². The highest BCUT2D eigenvalue weighted by molar-refractivity contribution is 7.99. The van der Waals surface area contributed by atoms with Crippen molar-refractivity contribution in [1.82, 2.24) is 9.88 Å². The highest BCUT2D eigenvalue weighted by Gasteiger charge is 2.20. The minimum Gasteiger partial charge on any atom is -0.308 e. The van der Waals surface area contributed by atoms with E-state index in [0.717, 1.165) is 33.2 Å². The Bertz CT molecular complexity index is 954. The molecule has 0 unspecified atom stereocenters. The Labute approximate surface area is 185 Å². The van der Waals surface area contributed by atoms with E-state index >= 15 is 0 Å². The third-order valence-corrected chi connectivity index (χ3v) is 7.14. The first-order chi connectivity index (χ1) is 14.0. The lowest BCUT2D eigenvalue weighted by atomic mass is 10.1. The summed E-state index contributed by atoms with van der Waals surface area (Å²) >= 11 is 5.12. The third kappa shape index (κ3) is 5.98. The number of carbonyl (C=O) groups excluding carboxylic acids is 1. The van der Waals surface area contributed by atoms with Crippen molar-refractivity contribution in [2.75, 3.05) is 44.1 Å². The first-order valence-corrected chi connectivity index (χ1v) is 12.6. The Morgan fingerprint density at radius 3 is 2.45 bits per heavy atom. The minimum atomic E-state index is 0.0897. The smallest absolute Gasteiger partial charge is 0.233 e. The van der Waals surface area contributed by atoms with Gasteiger partial charge in [0.25, 0.3) is 0 Å². The van der Waals surface area contributed by atoms with Gasteiger partial charge < -0.3 is 4.90 Å². The lowest BCUT2D eigenvalue weighted by molar-refractivity contribution is -0.118. The van der Waals surface area contributed by atoms with Crippen LogP contribution in [0.4, 0.5) is 5.13 Å². The van der Waals surface area contributed by atoms with Crippen LogP contribution < -0.4 is 4.90 Å². The molecule has 0 radical (unpaired) electrons. The van der Waals surface area contributed by atoms with E-state index in [1.165, 1.54) is 9.79 Å². The van der Waals surface area contributed by atoms with Crippen LogP contribution in [0.25, 0.3) is 10.2 Å². The second-order valence-corrected chi connectivity index (χ2v) is 10.2. The fraction of sp³-hybridized carbons (Fsp3) is 0.364. The van der Waals surface area contributed by atoms with E-state index in [0.29, 0.717) is 13.0 Å². The van der Waals surface area contributed by atoms with E-state index in [4.69, 9.17) is 4.98 Å². The van der Waals surface area contributed by atoms with Crippen LogP contribution in [0.5, 0.6) is 0 Å². The summed E-state index contributed by atoms with van der Waals surface area (Å²) in [4.78, 5) is 24.4. The van der Waals surface area contributed by atoms with E-state index < -0.39 is 0 Å². The van der Waals surface area contributed by atoms with E-state index in [1.54, 1.807) is 23.1 Å². The van der Waals surface area contributed by atoms with Gasteiger partial charge in [-0.25, -0.2) is 4.98 Å². The number of likely N-dealkylation sites (N-methyl/N-ethyl adjacent to an activating group) is 1. The zero-order valence-electron chi connectivity index (χ0n) is 17.3. The molecule has 29 heavy (non-hydrogen) atoms. The van der Waals surface area contributed by atoms with Gasteiger partial charge >= 0.3 is 0 Å². The van der Waals surface area contributed by atoms with Crippen LogP contribution in [0, 0.1) is 0 Å². The summed E-state index contributed by atoms with van der Waals surface area (Å²) in [6.07, 6.45) is 2.46. The second-order valence-electron chi connectivity index (χ2n) is 6.93. The first kappa shape index (κ1) is 22.2. The minimum absolute atomic E-state index is 0.0897. The molecule has 7 heteroatoms. The number of benzene rings is 2. The number of rotatable bonds is 9. The summed E-state index contributed by atoms with van der Waals surface area (Å²) < 4.78 is 1.12. The van der Waals surface area contributed by atoms with Gasteiger partial charge in [0.05, 0.1) is 16.6 Å². The number of thioether (sulfide) groups is 2. The van der Waals surface area contributed by atoms with Crippen LogP contribution >= 0.6 is 34.9 Å². The molecule has 0 N–H and O–H groups in total. The van der Waals surface area contributed by atoms with Crippen molar-refractivity contribution in [3.63, 3.8) is 0 Å². The van der Waals surface area contributed by atoms with Crippen molar-refractivity contribution in [1.29, 1.82) is 0 Å². The number of carbonyl (C=O) groups is 1. The molecule has 0 saturated carbocycles. The molecule has 154 valence electrons. The molecule has 1 heterocycles. The van der Waals surface area contributed by atoms with Crippen LogP contribution in [0.15, 0.2) is 52.3 Å². The standard InChI is InChI=1S/C22H27N3OS3/c1-5-28-17-8-6-16(7-9-17)14-21(26)25(13-12-24(2)3)22-23-19-11-10-18(27-4)15-20(19)29-22/h6-11,15H,5,12-14H2,1-4H3. The lowest BCUT2D eigenvalue weighted by Gasteiger charge is -2.22. The maximum atomic E-state index is 13.2. The number of aromatic nitrogens is 1. The molecule has 0 saturated heterocycles. The van der Waals surface area contributed by atoms with Crippen molar-refractivity contribution in [2.24, 2.45) is 0 Å². The van der Waals surface area contributed by atoms with Crippen molar-refractivity contribution in [3.05, 3.63) is 48.0 Å². The molecule has 3 rings (SSSR count). The number of fused-ring (bicyclic) bond motifs is 1. The highest BCUT2D eigenvalue weighted by atomic mass is 32.2. The Morgan fingerprint density at radius 2 is 1.79 bits per heavy atom. The number of nitrogens with zero attached hydrogens (tertiary/aromatic N) is 3. The van der Waals surface area contributed by atoms with Gasteiger partial charge in [-0.3, -0.25) is 9.69 Å². The van der Waals surface area contributed by atoms with Crippen molar-refractivity contribution >= 4 is 56.1 Å². The molecule has 0 atom stereocenters. The second kappa shape index (κ2) is 10.5. The normalized spacial score (nSPS) is 11.3. The Hall–Kier alpha value is -1.54. The zero-order valence-corrected chi connectivity index (χ0v) is 19.8. The molecule has 0 spiro atoms. The average molecular weight is 446 g/mol. The molecule has 0 aliphatic heterocycles. The summed E-state index contributed by atoms with van der Waals surface area (Å²) in [5, 5.41) is 0.781. The molecule has 4 nitrogen and oxygen atoms in total. The zero-order chi connectivity index (χ0) is 20.8. The molecular weight excluding hydrogens is 418 g/mol. The molecule has 1 aromatic heterocycles. The van der Waals surface area contributed by atoms with E-state index in [-0.39, 0.29) is 5.91 Å². The first-order valence-electron chi connectivity index (χ1n) is 9.61. The average Bonchev–Trinajstić information content (AvgIpc) is 3.12. The monoisotopic (exact) mass is 445 g/mol. The van der Waals surface area contributed by atoms with Crippen LogP contribution in [-0.2, 0) is 11.2 Å². The summed E-state index contributed by atoms with van der Waals surface area (Å²) in [6, 6.07) is 14.6. The summed E-state index contributed by atoms with van der Waals surface area (Å²) in [5.74, 6) is 1.14. The topological polar surface area (TPSA) is 36.4 Å². The lowest BCUT2D eigenvalue weighted by Crippen LogP contribution is -2.37. The Kier molecular flexibility index (Phi) is 8.00. The number of amides is 1. The summed E-state index contributed by atoms with van der Waals surface area (Å²) in [5.41, 5.74) is 1.99. The summed E-state index contributed by atoms with van der Waals surface area (Å²) in [6.45, 7) is 3.57. The van der Waals surface area contributed by atoms with Gasteiger partial charge in [0.1, 0.15) is 0 Å². The SMILES string of the molecule is CCSc1ccc(CC(=O)N(CCN(C)C)c2nc3ccc(SC)cc3s2)cc1. The van der Waals surface area contributed by atoms with Crippen LogP contribution in [-0.4, -0.2) is 55.0 Å². The van der Waals surface area contributed by atoms with Crippen molar-refractivity contribution in [2.45, 2.75) is 23.1 Å². The predicted octanol–water partition coefficient (Wildman–Crippen LogP) is 5.27. The number of anilines is 1. The molecule has 0 aliphatic carbocycles. The maximum absolute atomic E-state index is 13.2. The van der Waals surface area contributed by atoms with Crippen molar-refractivity contribution < 1.29 is 4.79 Å². The summed E-state index contributed by atoms with van der Waals surface area (Å²) in [7, 11) is 4.05. The van der Waals surface area contributed by atoms with Gasteiger partial charge in [-0.1, -0.05) is 30.4 Å². The fourth-order valence-corrected chi connectivity index (χ4v) is 5.13. The molecule has 0 fully saturated rings. The fourth-order valence-electron chi connectivity index (χ4n) is 2.90. The largest absolute Gasteiger partial charge is 0.308 e. The Balaban J connectivity index is 1.82. The molecule has 0 bridgehead atoms. The number of hydrogen-bond acceptors (Lipinski definition) is 6. The third-order valence-electron chi connectivity index (χ3n) is 4.48. The molecule has 2 aromatic carbocycles. The quantitative estimate of drug-likeness (QED) is 0.420. The Morgan fingerprint density at radius 1 is 1.07 bits per heavy atom. The van der Waals surface area contributed by atoms with Gasteiger partial charge in [0.15, 0.2) is 5.13 Å². The maximum Gasteiger partial charge on any atom is 0.233 e. The van der Waals surface area contributed by atoms with Gasteiger partial charge in [-0.05, 0) is 62.0 Å². The van der Waals surface area contributed by atoms with Gasteiger partial charge in [0.2, 0.25) is 5.91 Å². The number of hydrogen-bond donors (Lipinski definition) is 0. The van der Waals surface area contributed by atoms with Crippen LogP contribution in [0.1, 0.15) is 12.5 Å². The number of thiazole rings is 1.